The molecule has 1 N–H and O–H groups in total. The maximum atomic E-state index is 14.1. The summed E-state index contributed by atoms with van der Waals surface area (Å²) in [6.45, 7) is 3.55. The minimum atomic E-state index is -1.15. The number of aryl methyl sites for hydroxylation is 2. The number of methoxy groups -OCH3 is 1. The highest BCUT2D eigenvalue weighted by Gasteiger charge is 2.47. The maximum Gasteiger partial charge on any atom is 0.300 e. The van der Waals surface area contributed by atoms with Gasteiger partial charge in [-0.2, -0.15) is 0 Å². The molecule has 0 aliphatic carbocycles. The molecule has 186 valence electrons. The molecule has 0 bridgehead atoms. The summed E-state index contributed by atoms with van der Waals surface area (Å²) in [6.07, 6.45) is 0. The van der Waals surface area contributed by atoms with Crippen LogP contribution in [0.25, 0.3) is 5.76 Å². The molecular formula is C28H26F2N2O4. The highest BCUT2D eigenvalue weighted by Crippen LogP contribution is 2.43. The summed E-state index contributed by atoms with van der Waals surface area (Å²) in [5, 5.41) is 11.4. The van der Waals surface area contributed by atoms with Gasteiger partial charge in [-0.05, 0) is 66.9 Å². The standard InChI is InChI=1S/C28H26F2N2O4/c1-15-13-23(36-5)16(2)12-20(15)26(33)24-25(17-6-8-18(9-7-17)31(3)4)32(28(35)27(24)34)19-10-11-21(29)22(30)14-19/h6-14,25,33H,1-5H3/b26-24+. The lowest BCUT2D eigenvalue weighted by Gasteiger charge is -2.26. The van der Waals surface area contributed by atoms with Crippen molar-refractivity contribution in [2.24, 2.45) is 0 Å². The second-order valence-electron chi connectivity index (χ2n) is 8.89. The first-order chi connectivity index (χ1) is 17.0. The van der Waals surface area contributed by atoms with E-state index >= 15 is 0 Å². The van der Waals surface area contributed by atoms with Gasteiger partial charge in [-0.3, -0.25) is 14.5 Å². The van der Waals surface area contributed by atoms with Gasteiger partial charge in [0.05, 0.1) is 18.7 Å². The van der Waals surface area contributed by atoms with Gasteiger partial charge in [-0.1, -0.05) is 12.1 Å². The number of hydrogen-bond donors (Lipinski definition) is 1. The van der Waals surface area contributed by atoms with Crippen LogP contribution in [-0.4, -0.2) is 38.0 Å². The minimum absolute atomic E-state index is 0.000584. The van der Waals surface area contributed by atoms with Gasteiger partial charge in [0, 0.05) is 37.1 Å². The van der Waals surface area contributed by atoms with Crippen molar-refractivity contribution in [3.05, 3.63) is 94.1 Å². The summed E-state index contributed by atoms with van der Waals surface area (Å²) >= 11 is 0. The van der Waals surface area contributed by atoms with Crippen LogP contribution in [-0.2, 0) is 9.59 Å². The monoisotopic (exact) mass is 492 g/mol. The van der Waals surface area contributed by atoms with E-state index in [-0.39, 0.29) is 17.0 Å². The number of halogens is 2. The summed E-state index contributed by atoms with van der Waals surface area (Å²) in [4.78, 5) is 29.5. The third-order valence-corrected chi connectivity index (χ3v) is 6.35. The predicted octanol–water partition coefficient (Wildman–Crippen LogP) is 5.28. The lowest BCUT2D eigenvalue weighted by Crippen LogP contribution is -2.29. The SMILES string of the molecule is COc1cc(C)c(/C(O)=C2\C(=O)C(=O)N(c3ccc(F)c(F)c3)C2c2ccc(N(C)C)cc2)cc1C. The second kappa shape index (κ2) is 9.45. The molecule has 1 aliphatic heterocycles. The number of rotatable bonds is 5. The van der Waals surface area contributed by atoms with Gasteiger partial charge in [-0.25, -0.2) is 8.78 Å². The number of aliphatic hydroxyl groups excluding tert-OH is 1. The zero-order valence-corrected chi connectivity index (χ0v) is 20.6. The van der Waals surface area contributed by atoms with Crippen molar-refractivity contribution in [1.82, 2.24) is 0 Å². The van der Waals surface area contributed by atoms with Crippen LogP contribution >= 0.6 is 0 Å². The number of amides is 1. The largest absolute Gasteiger partial charge is 0.507 e. The summed E-state index contributed by atoms with van der Waals surface area (Å²) in [6, 6.07) is 12.4. The molecule has 36 heavy (non-hydrogen) atoms. The van der Waals surface area contributed by atoms with Crippen LogP contribution in [0.5, 0.6) is 5.75 Å². The summed E-state index contributed by atoms with van der Waals surface area (Å²) in [5.41, 5.74) is 2.99. The van der Waals surface area contributed by atoms with Crippen molar-refractivity contribution in [3.63, 3.8) is 0 Å². The number of carbonyl (C=O) groups excluding carboxylic acids is 2. The van der Waals surface area contributed by atoms with E-state index in [0.717, 1.165) is 28.3 Å². The molecule has 0 saturated carbocycles. The second-order valence-corrected chi connectivity index (χ2v) is 8.89. The molecule has 0 spiro atoms. The van der Waals surface area contributed by atoms with E-state index in [4.69, 9.17) is 4.74 Å². The highest BCUT2D eigenvalue weighted by molar-refractivity contribution is 6.51. The number of Topliss-reactive ketones (excluding diaryl/α,β-unsaturated/α-hetero) is 1. The Morgan fingerprint density at radius 3 is 2.19 bits per heavy atom. The van der Waals surface area contributed by atoms with E-state index in [1.807, 2.05) is 31.1 Å². The Kier molecular flexibility index (Phi) is 6.54. The molecule has 1 amide bonds. The number of aliphatic hydroxyl groups is 1. The average molecular weight is 493 g/mol. The molecule has 6 nitrogen and oxygen atoms in total. The maximum absolute atomic E-state index is 14.1. The van der Waals surface area contributed by atoms with Gasteiger partial charge < -0.3 is 14.7 Å². The van der Waals surface area contributed by atoms with Crippen LogP contribution in [0.3, 0.4) is 0 Å². The lowest BCUT2D eigenvalue weighted by molar-refractivity contribution is -0.132. The molecule has 1 unspecified atom stereocenters. The molecule has 1 aliphatic rings. The van der Waals surface area contributed by atoms with Crippen LogP contribution in [0.15, 0.2) is 60.2 Å². The number of anilines is 2. The van der Waals surface area contributed by atoms with Gasteiger partial charge in [-0.15, -0.1) is 0 Å². The zero-order chi connectivity index (χ0) is 26.3. The highest BCUT2D eigenvalue weighted by atomic mass is 19.2. The van der Waals surface area contributed by atoms with Crippen LogP contribution < -0.4 is 14.5 Å². The van der Waals surface area contributed by atoms with Gasteiger partial charge >= 0.3 is 0 Å². The number of ether oxygens (including phenoxy) is 1. The van der Waals surface area contributed by atoms with Gasteiger partial charge in [0.2, 0.25) is 0 Å². The van der Waals surface area contributed by atoms with Crippen molar-refractivity contribution in [3.8, 4) is 5.75 Å². The zero-order valence-electron chi connectivity index (χ0n) is 20.6. The van der Waals surface area contributed by atoms with E-state index in [1.165, 1.54) is 13.2 Å². The Morgan fingerprint density at radius 2 is 1.61 bits per heavy atom. The van der Waals surface area contributed by atoms with Crippen LogP contribution in [0.4, 0.5) is 20.2 Å². The third kappa shape index (κ3) is 4.19. The minimum Gasteiger partial charge on any atom is -0.507 e. The van der Waals surface area contributed by atoms with Crippen LogP contribution in [0.2, 0.25) is 0 Å². The quantitative estimate of drug-likeness (QED) is 0.298. The lowest BCUT2D eigenvalue weighted by atomic mass is 9.92. The first kappa shape index (κ1) is 24.9. The molecule has 1 saturated heterocycles. The Morgan fingerprint density at radius 1 is 0.944 bits per heavy atom. The molecule has 0 aromatic heterocycles. The fraction of sp³-hybridized carbons (Fsp3) is 0.214. The Hall–Kier alpha value is -4.20. The number of nitrogens with zero attached hydrogens (tertiary/aromatic N) is 2. The first-order valence-corrected chi connectivity index (χ1v) is 11.2. The Bertz CT molecular complexity index is 1400. The van der Waals surface area contributed by atoms with Crippen molar-refractivity contribution >= 4 is 28.8 Å². The summed E-state index contributed by atoms with van der Waals surface area (Å²) in [7, 11) is 5.28. The number of ketones is 1. The average Bonchev–Trinajstić information content (AvgIpc) is 3.12. The van der Waals surface area contributed by atoms with Crippen LogP contribution in [0.1, 0.15) is 28.3 Å². The topological polar surface area (TPSA) is 70.1 Å². The van der Waals surface area contributed by atoms with Crippen LogP contribution in [0, 0.1) is 25.5 Å². The predicted molar refractivity (Wildman–Crippen MR) is 134 cm³/mol. The number of benzene rings is 3. The smallest absolute Gasteiger partial charge is 0.300 e. The van der Waals surface area contributed by atoms with E-state index in [1.54, 1.807) is 38.1 Å². The normalized spacial score (nSPS) is 17.0. The van der Waals surface area contributed by atoms with Crippen molar-refractivity contribution in [1.29, 1.82) is 0 Å². The fourth-order valence-electron chi connectivity index (χ4n) is 4.41. The first-order valence-electron chi connectivity index (χ1n) is 11.2. The Balaban J connectivity index is 1.97. The van der Waals surface area contributed by atoms with E-state index in [2.05, 4.69) is 0 Å². The molecule has 1 atom stereocenters. The molecule has 3 aromatic carbocycles. The van der Waals surface area contributed by atoms with Gasteiger partial charge in [0.1, 0.15) is 11.5 Å². The van der Waals surface area contributed by atoms with Gasteiger partial charge in [0.15, 0.2) is 11.6 Å². The molecule has 0 radical (unpaired) electrons. The number of carbonyl (C=O) groups is 2. The summed E-state index contributed by atoms with van der Waals surface area (Å²) in [5.74, 6) is -3.85. The van der Waals surface area contributed by atoms with E-state index in [9.17, 15) is 23.5 Å². The van der Waals surface area contributed by atoms with E-state index in [0.29, 0.717) is 22.4 Å². The Labute approximate surface area is 208 Å². The van der Waals surface area contributed by atoms with Crippen molar-refractivity contribution in [2.75, 3.05) is 31.0 Å². The summed E-state index contributed by atoms with van der Waals surface area (Å²) < 4.78 is 33.1. The molecule has 3 aromatic rings. The van der Waals surface area contributed by atoms with E-state index < -0.39 is 29.4 Å². The number of hydrogen-bond acceptors (Lipinski definition) is 5. The molecular weight excluding hydrogens is 466 g/mol. The van der Waals surface area contributed by atoms with Gasteiger partial charge in [0.25, 0.3) is 11.7 Å². The molecule has 1 fully saturated rings. The molecule has 8 heteroatoms. The van der Waals surface area contributed by atoms with Crippen molar-refractivity contribution in [2.45, 2.75) is 19.9 Å². The fourth-order valence-corrected chi connectivity index (χ4v) is 4.41. The molecule has 4 rings (SSSR count). The third-order valence-electron chi connectivity index (χ3n) is 6.35. The van der Waals surface area contributed by atoms with Crippen molar-refractivity contribution < 1.29 is 28.2 Å². The molecule has 1 heterocycles.